The van der Waals surface area contributed by atoms with Crippen LogP contribution in [0.1, 0.15) is 13.8 Å². The summed E-state index contributed by atoms with van der Waals surface area (Å²) in [5.74, 6) is 0. The molecule has 0 bridgehead atoms. The van der Waals surface area contributed by atoms with Gasteiger partial charge < -0.3 is 5.11 Å². The SMILES string of the molecule is C[C@@H](O)CN1N=NC[C@@H]1C. The molecular formula is C6H13N3O. The van der Waals surface area contributed by atoms with Crippen molar-refractivity contribution in [1.82, 2.24) is 5.01 Å². The van der Waals surface area contributed by atoms with Crippen molar-refractivity contribution in [2.24, 2.45) is 10.3 Å². The predicted molar refractivity (Wildman–Crippen MR) is 37.6 cm³/mol. The minimum absolute atomic E-state index is 0.320. The second-order valence-electron chi connectivity index (χ2n) is 2.73. The first kappa shape index (κ1) is 7.47. The Morgan fingerprint density at radius 2 is 2.50 bits per heavy atom. The molecule has 0 radical (unpaired) electrons. The summed E-state index contributed by atoms with van der Waals surface area (Å²) in [5.41, 5.74) is 0. The van der Waals surface area contributed by atoms with Crippen LogP contribution in [0.2, 0.25) is 0 Å². The molecule has 4 nitrogen and oxygen atoms in total. The Kier molecular flexibility index (Phi) is 2.21. The lowest BCUT2D eigenvalue weighted by molar-refractivity contribution is 0.117. The Bertz CT molecular complexity index is 135. The van der Waals surface area contributed by atoms with E-state index >= 15 is 0 Å². The molecule has 0 fully saturated rings. The fourth-order valence-electron chi connectivity index (χ4n) is 0.905. The van der Waals surface area contributed by atoms with E-state index in [1.54, 1.807) is 6.92 Å². The van der Waals surface area contributed by atoms with Gasteiger partial charge in [0.05, 0.1) is 25.2 Å². The van der Waals surface area contributed by atoms with Gasteiger partial charge in [-0.1, -0.05) is 5.22 Å². The molecule has 2 atom stereocenters. The highest BCUT2D eigenvalue weighted by atomic mass is 16.3. The van der Waals surface area contributed by atoms with Crippen LogP contribution in [-0.4, -0.2) is 35.4 Å². The zero-order chi connectivity index (χ0) is 7.56. The minimum atomic E-state index is -0.320. The molecule has 0 amide bonds. The Labute approximate surface area is 60.5 Å². The van der Waals surface area contributed by atoms with Crippen molar-refractivity contribution in [1.29, 1.82) is 0 Å². The fourth-order valence-corrected chi connectivity index (χ4v) is 0.905. The molecule has 0 unspecified atom stereocenters. The van der Waals surface area contributed by atoms with Crippen molar-refractivity contribution >= 4 is 0 Å². The van der Waals surface area contributed by atoms with E-state index in [2.05, 4.69) is 10.3 Å². The fraction of sp³-hybridized carbons (Fsp3) is 1.00. The topological polar surface area (TPSA) is 48.2 Å². The molecule has 0 aromatic carbocycles. The summed E-state index contributed by atoms with van der Waals surface area (Å²) >= 11 is 0. The van der Waals surface area contributed by atoms with Gasteiger partial charge in [0.1, 0.15) is 0 Å². The average Bonchev–Trinajstić information content (AvgIpc) is 2.15. The normalized spacial score (nSPS) is 27.5. The maximum atomic E-state index is 8.99. The van der Waals surface area contributed by atoms with Crippen molar-refractivity contribution in [3.63, 3.8) is 0 Å². The van der Waals surface area contributed by atoms with Gasteiger partial charge in [0.15, 0.2) is 0 Å². The van der Waals surface area contributed by atoms with E-state index in [0.717, 1.165) is 6.54 Å². The van der Waals surface area contributed by atoms with Gasteiger partial charge in [-0.25, -0.2) is 0 Å². The van der Waals surface area contributed by atoms with Gasteiger partial charge in [-0.15, -0.1) is 0 Å². The van der Waals surface area contributed by atoms with E-state index in [-0.39, 0.29) is 6.10 Å². The second-order valence-corrected chi connectivity index (χ2v) is 2.73. The summed E-state index contributed by atoms with van der Waals surface area (Å²) in [7, 11) is 0. The molecular weight excluding hydrogens is 130 g/mol. The molecule has 58 valence electrons. The zero-order valence-electron chi connectivity index (χ0n) is 6.36. The summed E-state index contributed by atoms with van der Waals surface area (Å²) < 4.78 is 0. The Hall–Kier alpha value is -0.640. The standard InChI is InChI=1S/C6H13N3O/c1-5-3-7-8-9(5)4-6(2)10/h5-6,10H,3-4H2,1-2H3/t5-,6+/m0/s1. The zero-order valence-corrected chi connectivity index (χ0v) is 6.36. The van der Waals surface area contributed by atoms with Crippen LogP contribution in [0, 0.1) is 0 Å². The van der Waals surface area contributed by atoms with Crippen molar-refractivity contribution in [3.8, 4) is 0 Å². The largest absolute Gasteiger partial charge is 0.392 e. The summed E-state index contributed by atoms with van der Waals surface area (Å²) in [6.07, 6.45) is -0.320. The van der Waals surface area contributed by atoms with Gasteiger partial charge in [-0.3, -0.25) is 5.01 Å². The van der Waals surface area contributed by atoms with Gasteiger partial charge in [-0.05, 0) is 13.8 Å². The number of rotatable bonds is 2. The Balaban J connectivity index is 2.33. The maximum absolute atomic E-state index is 8.99. The lowest BCUT2D eigenvalue weighted by Crippen LogP contribution is -2.31. The summed E-state index contributed by atoms with van der Waals surface area (Å²) in [6, 6.07) is 0.356. The number of hydrogen-bond donors (Lipinski definition) is 1. The molecule has 0 aromatic rings. The molecule has 0 spiro atoms. The lowest BCUT2D eigenvalue weighted by atomic mass is 10.3. The van der Waals surface area contributed by atoms with Gasteiger partial charge in [-0.2, -0.15) is 5.11 Å². The third-order valence-electron chi connectivity index (χ3n) is 1.48. The highest BCUT2D eigenvalue weighted by molar-refractivity contribution is 4.70. The van der Waals surface area contributed by atoms with Crippen molar-refractivity contribution < 1.29 is 5.11 Å². The highest BCUT2D eigenvalue weighted by Gasteiger charge is 2.17. The maximum Gasteiger partial charge on any atom is 0.0838 e. The number of hydrogen-bond acceptors (Lipinski definition) is 4. The quantitative estimate of drug-likeness (QED) is 0.609. The third-order valence-corrected chi connectivity index (χ3v) is 1.48. The van der Waals surface area contributed by atoms with Crippen LogP contribution in [-0.2, 0) is 0 Å². The number of β-amino-alcohol motifs (C(OH)–C–C–N with tert-alkyl or cyclic N) is 1. The molecule has 1 aliphatic heterocycles. The molecule has 0 saturated carbocycles. The van der Waals surface area contributed by atoms with Gasteiger partial charge >= 0.3 is 0 Å². The molecule has 1 N–H and O–H groups in total. The number of aliphatic hydroxyl groups is 1. The molecule has 1 rings (SSSR count). The average molecular weight is 143 g/mol. The van der Waals surface area contributed by atoms with Crippen molar-refractivity contribution in [3.05, 3.63) is 0 Å². The first-order valence-corrected chi connectivity index (χ1v) is 3.52. The molecule has 0 aliphatic carbocycles. The first-order valence-electron chi connectivity index (χ1n) is 3.52. The van der Waals surface area contributed by atoms with Crippen LogP contribution in [0.4, 0.5) is 0 Å². The van der Waals surface area contributed by atoms with E-state index < -0.39 is 0 Å². The second kappa shape index (κ2) is 2.96. The predicted octanol–water partition coefficient (Wildman–Crippen LogP) is 0.439. The van der Waals surface area contributed by atoms with E-state index in [1.807, 2.05) is 11.9 Å². The van der Waals surface area contributed by atoms with Crippen LogP contribution in [0.5, 0.6) is 0 Å². The van der Waals surface area contributed by atoms with Crippen molar-refractivity contribution in [2.45, 2.75) is 26.0 Å². The lowest BCUT2D eigenvalue weighted by Gasteiger charge is -2.18. The van der Waals surface area contributed by atoms with Crippen molar-refractivity contribution in [2.75, 3.05) is 13.1 Å². The summed E-state index contributed by atoms with van der Waals surface area (Å²) in [5, 5.41) is 18.5. The monoisotopic (exact) mass is 143 g/mol. The van der Waals surface area contributed by atoms with Gasteiger partial charge in [0, 0.05) is 0 Å². The van der Waals surface area contributed by atoms with E-state index in [1.165, 1.54) is 0 Å². The summed E-state index contributed by atoms with van der Waals surface area (Å²) in [6.45, 7) is 5.14. The van der Waals surface area contributed by atoms with Gasteiger partial charge in [0.2, 0.25) is 0 Å². The van der Waals surface area contributed by atoms with E-state index in [0.29, 0.717) is 12.6 Å². The van der Waals surface area contributed by atoms with E-state index in [4.69, 9.17) is 5.11 Å². The van der Waals surface area contributed by atoms with Crippen LogP contribution < -0.4 is 0 Å². The molecule has 1 aliphatic rings. The smallest absolute Gasteiger partial charge is 0.0838 e. The van der Waals surface area contributed by atoms with Gasteiger partial charge in [0.25, 0.3) is 0 Å². The van der Waals surface area contributed by atoms with Crippen LogP contribution >= 0.6 is 0 Å². The number of aliphatic hydroxyl groups excluding tert-OH is 1. The third kappa shape index (κ3) is 1.67. The Morgan fingerprint density at radius 3 is 2.90 bits per heavy atom. The number of nitrogens with zero attached hydrogens (tertiary/aromatic N) is 3. The molecule has 0 saturated heterocycles. The Morgan fingerprint density at radius 1 is 1.80 bits per heavy atom. The first-order chi connectivity index (χ1) is 4.70. The van der Waals surface area contributed by atoms with Crippen LogP contribution in [0.3, 0.4) is 0 Å². The summed E-state index contributed by atoms with van der Waals surface area (Å²) in [4.78, 5) is 0. The highest BCUT2D eigenvalue weighted by Crippen LogP contribution is 2.08. The minimum Gasteiger partial charge on any atom is -0.392 e. The van der Waals surface area contributed by atoms with Crippen LogP contribution in [0.15, 0.2) is 10.3 Å². The molecule has 1 heterocycles. The van der Waals surface area contributed by atoms with E-state index in [9.17, 15) is 0 Å². The molecule has 0 aromatic heterocycles. The molecule has 10 heavy (non-hydrogen) atoms. The molecule has 4 heteroatoms. The van der Waals surface area contributed by atoms with Crippen LogP contribution in [0.25, 0.3) is 0 Å².